The second-order valence-electron chi connectivity index (χ2n) is 6.09. The highest BCUT2D eigenvalue weighted by molar-refractivity contribution is 5.91. The van der Waals surface area contributed by atoms with Crippen molar-refractivity contribution in [2.75, 3.05) is 7.05 Å². The Kier molecular flexibility index (Phi) is 4.18. The fourth-order valence-electron chi connectivity index (χ4n) is 2.91. The Balaban J connectivity index is 1.51. The summed E-state index contributed by atoms with van der Waals surface area (Å²) in [5.74, 6) is -0.211. The molecule has 2 aromatic carbocycles. The molecule has 0 aliphatic carbocycles. The van der Waals surface area contributed by atoms with Crippen molar-refractivity contribution < 1.29 is 9.32 Å². The summed E-state index contributed by atoms with van der Waals surface area (Å²) in [6.07, 6.45) is 3.15. The van der Waals surface area contributed by atoms with Crippen molar-refractivity contribution in [3.8, 4) is 0 Å². The molecule has 1 amide bonds. The van der Waals surface area contributed by atoms with E-state index >= 15 is 0 Å². The predicted molar refractivity (Wildman–Crippen MR) is 95.4 cm³/mol. The van der Waals surface area contributed by atoms with Crippen molar-refractivity contribution >= 4 is 16.7 Å². The molecule has 0 unspecified atom stereocenters. The highest BCUT2D eigenvalue weighted by Gasteiger charge is 2.17. The number of aromatic nitrogens is 4. The Morgan fingerprint density at radius 2 is 2.00 bits per heavy atom. The minimum atomic E-state index is -0.211. The van der Waals surface area contributed by atoms with Crippen LogP contribution in [0.5, 0.6) is 0 Å². The van der Waals surface area contributed by atoms with Gasteiger partial charge < -0.3 is 9.42 Å². The first-order chi connectivity index (χ1) is 12.7. The maximum absolute atomic E-state index is 12.5. The molecule has 0 spiro atoms. The smallest absolute Gasteiger partial charge is 0.276 e. The van der Waals surface area contributed by atoms with Gasteiger partial charge in [-0.2, -0.15) is 0 Å². The second kappa shape index (κ2) is 6.79. The zero-order valence-electron chi connectivity index (χ0n) is 14.2. The third kappa shape index (κ3) is 3.19. The van der Waals surface area contributed by atoms with E-state index in [2.05, 4.69) is 39.7 Å². The van der Waals surface area contributed by atoms with Crippen molar-refractivity contribution in [2.45, 2.75) is 13.1 Å². The van der Waals surface area contributed by atoms with E-state index in [0.29, 0.717) is 24.5 Å². The van der Waals surface area contributed by atoms with Gasteiger partial charge in [-0.05, 0) is 16.3 Å². The van der Waals surface area contributed by atoms with Crippen LogP contribution in [-0.4, -0.2) is 38.0 Å². The molecule has 2 heterocycles. The standard InChI is InChI=1S/C19H17N5O2/c1-23(12-16-9-10-26-21-16)19(25)18-13-24(22-20-18)11-15-7-4-6-14-5-2-3-8-17(14)15/h2-10,13H,11-12H2,1H3. The van der Waals surface area contributed by atoms with Crippen molar-refractivity contribution in [3.63, 3.8) is 0 Å². The van der Waals surface area contributed by atoms with Gasteiger partial charge in [0, 0.05) is 13.1 Å². The van der Waals surface area contributed by atoms with Crippen LogP contribution in [0.4, 0.5) is 0 Å². The Hall–Kier alpha value is -3.48. The normalized spacial score (nSPS) is 11.0. The number of benzene rings is 2. The fraction of sp³-hybridized carbons (Fsp3) is 0.158. The van der Waals surface area contributed by atoms with Crippen LogP contribution in [0, 0.1) is 0 Å². The third-order valence-corrected chi connectivity index (χ3v) is 4.21. The van der Waals surface area contributed by atoms with Crippen LogP contribution in [0.25, 0.3) is 10.8 Å². The minimum absolute atomic E-state index is 0.211. The molecule has 7 heteroatoms. The molecule has 2 aromatic heterocycles. The van der Waals surface area contributed by atoms with E-state index in [-0.39, 0.29) is 5.91 Å². The van der Waals surface area contributed by atoms with Crippen LogP contribution in [0.3, 0.4) is 0 Å². The maximum atomic E-state index is 12.5. The average Bonchev–Trinajstić information content (AvgIpc) is 3.33. The van der Waals surface area contributed by atoms with Crippen LogP contribution in [0.15, 0.2) is 65.5 Å². The van der Waals surface area contributed by atoms with Crippen molar-refractivity contribution in [2.24, 2.45) is 0 Å². The summed E-state index contributed by atoms with van der Waals surface area (Å²) in [6.45, 7) is 0.903. The summed E-state index contributed by atoms with van der Waals surface area (Å²) in [7, 11) is 1.70. The van der Waals surface area contributed by atoms with Gasteiger partial charge in [0.1, 0.15) is 12.0 Å². The van der Waals surface area contributed by atoms with E-state index in [1.54, 1.807) is 24.0 Å². The Labute approximate surface area is 149 Å². The van der Waals surface area contributed by atoms with Gasteiger partial charge in [0.15, 0.2) is 5.69 Å². The zero-order chi connectivity index (χ0) is 17.9. The van der Waals surface area contributed by atoms with E-state index in [4.69, 9.17) is 4.52 Å². The molecule has 0 aliphatic rings. The third-order valence-electron chi connectivity index (χ3n) is 4.21. The summed E-state index contributed by atoms with van der Waals surface area (Å²) >= 11 is 0. The SMILES string of the molecule is CN(Cc1ccon1)C(=O)c1cn(Cc2cccc3ccccc23)nn1. The monoisotopic (exact) mass is 347 g/mol. The number of rotatable bonds is 5. The Bertz CT molecular complexity index is 1030. The lowest BCUT2D eigenvalue weighted by molar-refractivity contribution is 0.0776. The van der Waals surface area contributed by atoms with Crippen LogP contribution < -0.4 is 0 Å². The lowest BCUT2D eigenvalue weighted by atomic mass is 10.0. The molecule has 0 atom stereocenters. The summed E-state index contributed by atoms with van der Waals surface area (Å²) in [4.78, 5) is 14.0. The average molecular weight is 347 g/mol. The lowest BCUT2D eigenvalue weighted by Crippen LogP contribution is -2.26. The van der Waals surface area contributed by atoms with Crippen molar-refractivity contribution in [3.05, 3.63) is 77.9 Å². The number of nitrogens with zero attached hydrogens (tertiary/aromatic N) is 5. The molecule has 0 aliphatic heterocycles. The van der Waals surface area contributed by atoms with E-state index in [1.165, 1.54) is 21.9 Å². The van der Waals surface area contributed by atoms with Gasteiger partial charge in [0.05, 0.1) is 19.3 Å². The van der Waals surface area contributed by atoms with Gasteiger partial charge in [-0.15, -0.1) is 5.10 Å². The number of amides is 1. The van der Waals surface area contributed by atoms with Crippen LogP contribution in [0.1, 0.15) is 21.7 Å². The van der Waals surface area contributed by atoms with Gasteiger partial charge >= 0.3 is 0 Å². The number of carbonyl (C=O) groups excluding carboxylic acids is 1. The maximum Gasteiger partial charge on any atom is 0.276 e. The Morgan fingerprint density at radius 3 is 2.85 bits per heavy atom. The molecule has 0 saturated heterocycles. The summed E-state index contributed by atoms with van der Waals surface area (Å²) in [5, 5.41) is 14.3. The zero-order valence-corrected chi connectivity index (χ0v) is 14.2. The first-order valence-corrected chi connectivity index (χ1v) is 8.22. The van der Waals surface area contributed by atoms with Crippen molar-refractivity contribution in [1.29, 1.82) is 0 Å². The van der Waals surface area contributed by atoms with E-state index in [9.17, 15) is 4.79 Å². The predicted octanol–water partition coefficient (Wildman–Crippen LogP) is 2.74. The van der Waals surface area contributed by atoms with Gasteiger partial charge in [0.2, 0.25) is 0 Å². The van der Waals surface area contributed by atoms with Gasteiger partial charge in [-0.3, -0.25) is 4.79 Å². The van der Waals surface area contributed by atoms with Crippen LogP contribution in [0.2, 0.25) is 0 Å². The molecule has 0 saturated carbocycles. The van der Waals surface area contributed by atoms with Crippen molar-refractivity contribution in [1.82, 2.24) is 25.1 Å². The fourth-order valence-corrected chi connectivity index (χ4v) is 2.91. The largest absolute Gasteiger partial charge is 0.364 e. The molecular weight excluding hydrogens is 330 g/mol. The minimum Gasteiger partial charge on any atom is -0.364 e. The molecule has 4 rings (SSSR count). The van der Waals surface area contributed by atoms with Crippen LogP contribution >= 0.6 is 0 Å². The quantitative estimate of drug-likeness (QED) is 0.555. The van der Waals surface area contributed by atoms with Gasteiger partial charge in [-0.25, -0.2) is 4.68 Å². The molecule has 4 aromatic rings. The topological polar surface area (TPSA) is 77.0 Å². The van der Waals surface area contributed by atoms with Gasteiger partial charge in [-0.1, -0.05) is 52.8 Å². The first-order valence-electron chi connectivity index (χ1n) is 8.22. The molecular formula is C19H17N5O2. The molecule has 0 N–H and O–H groups in total. The number of fused-ring (bicyclic) bond motifs is 1. The molecule has 26 heavy (non-hydrogen) atoms. The van der Waals surface area contributed by atoms with Crippen LogP contribution in [-0.2, 0) is 13.1 Å². The number of hydrogen-bond acceptors (Lipinski definition) is 5. The second-order valence-corrected chi connectivity index (χ2v) is 6.09. The van der Waals surface area contributed by atoms with E-state index in [0.717, 1.165) is 5.56 Å². The molecule has 0 radical (unpaired) electrons. The highest BCUT2D eigenvalue weighted by atomic mass is 16.5. The van der Waals surface area contributed by atoms with E-state index < -0.39 is 0 Å². The molecule has 7 nitrogen and oxygen atoms in total. The highest BCUT2D eigenvalue weighted by Crippen LogP contribution is 2.19. The molecule has 0 bridgehead atoms. The number of carbonyl (C=O) groups is 1. The molecule has 130 valence electrons. The summed E-state index contributed by atoms with van der Waals surface area (Å²) in [5.41, 5.74) is 2.11. The summed E-state index contributed by atoms with van der Waals surface area (Å²) in [6, 6.07) is 16.1. The first kappa shape index (κ1) is 16.0. The Morgan fingerprint density at radius 1 is 1.15 bits per heavy atom. The van der Waals surface area contributed by atoms with E-state index in [1.807, 2.05) is 18.2 Å². The number of hydrogen-bond donors (Lipinski definition) is 0. The summed E-state index contributed by atoms with van der Waals surface area (Å²) < 4.78 is 6.47. The lowest BCUT2D eigenvalue weighted by Gasteiger charge is -2.13. The van der Waals surface area contributed by atoms with Gasteiger partial charge in [0.25, 0.3) is 5.91 Å². The molecule has 0 fully saturated rings.